The lowest BCUT2D eigenvalue weighted by molar-refractivity contribution is -0.121. The highest BCUT2D eigenvalue weighted by Crippen LogP contribution is 2.24. The molecule has 26 heavy (non-hydrogen) atoms. The molecule has 0 spiro atoms. The zero-order chi connectivity index (χ0) is 18.4. The van der Waals surface area contributed by atoms with E-state index in [-0.39, 0.29) is 11.7 Å². The largest absolute Gasteiger partial charge is 0.353 e. The molecule has 1 amide bonds. The molecule has 3 rings (SSSR count). The normalized spacial score (nSPS) is 14.5. The maximum absolute atomic E-state index is 12.3. The first-order valence-corrected chi connectivity index (χ1v) is 11.0. The van der Waals surface area contributed by atoms with Crippen molar-refractivity contribution in [3.8, 4) is 0 Å². The number of aryl methyl sites for hydroxylation is 1. The van der Waals surface area contributed by atoms with Gasteiger partial charge in [-0.1, -0.05) is 55.8 Å². The number of thiazole rings is 1. The SMILES string of the molecule is CCc1ccc(C(=O)CSc2nc(CC(=O)NC3CCCC3)cs2)cc1. The van der Waals surface area contributed by atoms with E-state index in [9.17, 15) is 9.59 Å². The van der Waals surface area contributed by atoms with Crippen molar-refractivity contribution in [1.29, 1.82) is 0 Å². The van der Waals surface area contributed by atoms with Crippen LogP contribution in [0.2, 0.25) is 0 Å². The lowest BCUT2D eigenvalue weighted by Crippen LogP contribution is -2.33. The van der Waals surface area contributed by atoms with E-state index in [1.54, 1.807) is 0 Å². The van der Waals surface area contributed by atoms with Gasteiger partial charge in [-0.3, -0.25) is 9.59 Å². The second kappa shape index (κ2) is 9.33. The first-order valence-electron chi connectivity index (χ1n) is 9.12. The molecule has 1 fully saturated rings. The summed E-state index contributed by atoms with van der Waals surface area (Å²) in [5.41, 5.74) is 2.75. The highest BCUT2D eigenvalue weighted by molar-refractivity contribution is 8.01. The minimum absolute atomic E-state index is 0.0471. The molecule has 0 radical (unpaired) electrons. The van der Waals surface area contributed by atoms with Crippen LogP contribution in [0.15, 0.2) is 34.0 Å². The summed E-state index contributed by atoms with van der Waals surface area (Å²) >= 11 is 2.94. The maximum atomic E-state index is 12.3. The summed E-state index contributed by atoms with van der Waals surface area (Å²) < 4.78 is 0.840. The predicted octanol–water partition coefficient (Wildman–Crippen LogP) is 4.28. The van der Waals surface area contributed by atoms with Crippen LogP contribution in [-0.4, -0.2) is 28.5 Å². The summed E-state index contributed by atoms with van der Waals surface area (Å²) in [4.78, 5) is 28.8. The topological polar surface area (TPSA) is 59.1 Å². The van der Waals surface area contributed by atoms with Crippen molar-refractivity contribution in [2.75, 3.05) is 5.75 Å². The number of Topliss-reactive ketones (excluding diaryl/α,β-unsaturated/α-hetero) is 1. The van der Waals surface area contributed by atoms with Crippen LogP contribution in [0, 0.1) is 0 Å². The van der Waals surface area contributed by atoms with Crippen LogP contribution in [-0.2, 0) is 17.6 Å². The molecule has 0 unspecified atom stereocenters. The predicted molar refractivity (Wildman–Crippen MR) is 107 cm³/mol. The third-order valence-corrected chi connectivity index (χ3v) is 6.67. The van der Waals surface area contributed by atoms with Crippen molar-refractivity contribution in [3.63, 3.8) is 0 Å². The lowest BCUT2D eigenvalue weighted by Gasteiger charge is -2.10. The van der Waals surface area contributed by atoms with Crippen LogP contribution in [0.5, 0.6) is 0 Å². The third-order valence-electron chi connectivity index (χ3n) is 4.60. The molecule has 4 nitrogen and oxygen atoms in total. The van der Waals surface area contributed by atoms with Crippen molar-refractivity contribution in [2.24, 2.45) is 0 Å². The second-order valence-corrected chi connectivity index (χ2v) is 8.67. The van der Waals surface area contributed by atoms with E-state index >= 15 is 0 Å². The number of aromatic nitrogens is 1. The molecule has 0 atom stereocenters. The monoisotopic (exact) mass is 388 g/mol. The van der Waals surface area contributed by atoms with Crippen LogP contribution < -0.4 is 5.32 Å². The van der Waals surface area contributed by atoms with Crippen molar-refractivity contribution < 1.29 is 9.59 Å². The summed E-state index contributed by atoms with van der Waals surface area (Å²) in [7, 11) is 0. The fraction of sp³-hybridized carbons (Fsp3) is 0.450. The van der Waals surface area contributed by atoms with Gasteiger partial charge in [0.2, 0.25) is 5.91 Å². The van der Waals surface area contributed by atoms with Crippen LogP contribution in [0.4, 0.5) is 0 Å². The number of rotatable bonds is 8. The van der Waals surface area contributed by atoms with Gasteiger partial charge in [-0.05, 0) is 24.8 Å². The number of ketones is 1. The number of hydrogen-bond donors (Lipinski definition) is 1. The van der Waals surface area contributed by atoms with Crippen molar-refractivity contribution in [2.45, 2.75) is 55.8 Å². The van der Waals surface area contributed by atoms with Crippen molar-refractivity contribution >= 4 is 34.8 Å². The van der Waals surface area contributed by atoms with Crippen molar-refractivity contribution in [1.82, 2.24) is 10.3 Å². The first kappa shape index (κ1) is 19.1. The van der Waals surface area contributed by atoms with E-state index in [0.717, 1.165) is 34.9 Å². The molecule has 1 saturated carbocycles. The molecule has 2 aromatic rings. The Labute approximate surface area is 162 Å². The number of hydrogen-bond acceptors (Lipinski definition) is 5. The number of benzene rings is 1. The van der Waals surface area contributed by atoms with Gasteiger partial charge >= 0.3 is 0 Å². The standard InChI is InChI=1S/C20H24N2O2S2/c1-2-14-7-9-15(10-8-14)18(23)13-26-20-22-17(12-25-20)11-19(24)21-16-5-3-4-6-16/h7-10,12,16H,2-6,11,13H2,1H3,(H,21,24). The molecule has 1 heterocycles. The molecule has 0 aliphatic heterocycles. The van der Waals surface area contributed by atoms with Gasteiger partial charge in [-0.15, -0.1) is 11.3 Å². The Morgan fingerprint density at radius 2 is 1.96 bits per heavy atom. The van der Waals surface area contributed by atoms with Gasteiger partial charge in [0.25, 0.3) is 0 Å². The Bertz CT molecular complexity index is 749. The third kappa shape index (κ3) is 5.42. The molecule has 1 N–H and O–H groups in total. The van der Waals surface area contributed by atoms with Gasteiger partial charge in [-0.2, -0.15) is 0 Å². The maximum Gasteiger partial charge on any atom is 0.226 e. The zero-order valence-electron chi connectivity index (χ0n) is 15.0. The summed E-state index contributed by atoms with van der Waals surface area (Å²) in [5, 5.41) is 5.00. The minimum Gasteiger partial charge on any atom is -0.353 e. The molecule has 1 aromatic carbocycles. The first-order chi connectivity index (χ1) is 12.6. The molecule has 6 heteroatoms. The Hall–Kier alpha value is -1.66. The number of nitrogens with zero attached hydrogens (tertiary/aromatic N) is 1. The van der Waals surface area contributed by atoms with Crippen LogP contribution in [0.3, 0.4) is 0 Å². The summed E-state index contributed by atoms with van der Waals surface area (Å²) in [5.74, 6) is 0.520. The number of carbonyl (C=O) groups excluding carboxylic acids is 2. The van der Waals surface area contributed by atoms with Gasteiger partial charge in [0.1, 0.15) is 0 Å². The minimum atomic E-state index is 0.0471. The van der Waals surface area contributed by atoms with E-state index < -0.39 is 0 Å². The van der Waals surface area contributed by atoms with E-state index in [4.69, 9.17) is 0 Å². The smallest absolute Gasteiger partial charge is 0.226 e. The zero-order valence-corrected chi connectivity index (χ0v) is 16.6. The van der Waals surface area contributed by atoms with Crippen LogP contribution >= 0.6 is 23.1 Å². The van der Waals surface area contributed by atoms with Crippen molar-refractivity contribution in [3.05, 3.63) is 46.5 Å². The molecular weight excluding hydrogens is 364 g/mol. The Morgan fingerprint density at radius 3 is 2.65 bits per heavy atom. The molecule has 0 bridgehead atoms. The molecular formula is C20H24N2O2S2. The van der Waals surface area contributed by atoms with Gasteiger partial charge in [0.15, 0.2) is 10.1 Å². The number of carbonyl (C=O) groups is 2. The number of nitrogens with one attached hydrogen (secondary N) is 1. The van der Waals surface area contributed by atoms with E-state index in [0.29, 0.717) is 18.2 Å². The molecule has 1 aromatic heterocycles. The molecule has 1 aliphatic rings. The Balaban J connectivity index is 1.46. The molecule has 0 saturated heterocycles. The lowest BCUT2D eigenvalue weighted by atomic mass is 10.1. The highest BCUT2D eigenvalue weighted by atomic mass is 32.2. The fourth-order valence-electron chi connectivity index (χ4n) is 3.09. The fourth-order valence-corrected chi connectivity index (χ4v) is 4.83. The summed E-state index contributed by atoms with van der Waals surface area (Å²) in [6.45, 7) is 2.10. The van der Waals surface area contributed by atoms with Gasteiger partial charge in [-0.25, -0.2) is 4.98 Å². The van der Waals surface area contributed by atoms with Crippen LogP contribution in [0.1, 0.15) is 54.2 Å². The van der Waals surface area contributed by atoms with E-state index in [2.05, 4.69) is 17.2 Å². The quantitative estimate of drug-likeness (QED) is 0.542. The average Bonchev–Trinajstić information content (AvgIpc) is 3.31. The van der Waals surface area contributed by atoms with E-state index in [1.165, 1.54) is 41.5 Å². The van der Waals surface area contributed by atoms with Gasteiger partial charge in [0, 0.05) is 17.0 Å². The number of thioether (sulfide) groups is 1. The summed E-state index contributed by atoms with van der Waals surface area (Å²) in [6.07, 6.45) is 5.88. The van der Waals surface area contributed by atoms with Gasteiger partial charge < -0.3 is 5.32 Å². The second-order valence-electron chi connectivity index (χ2n) is 6.59. The van der Waals surface area contributed by atoms with Gasteiger partial charge in [0.05, 0.1) is 17.9 Å². The van der Waals surface area contributed by atoms with Crippen LogP contribution in [0.25, 0.3) is 0 Å². The Kier molecular flexibility index (Phi) is 6.86. The molecule has 138 valence electrons. The highest BCUT2D eigenvalue weighted by Gasteiger charge is 2.18. The number of amides is 1. The molecule has 1 aliphatic carbocycles. The summed E-state index contributed by atoms with van der Waals surface area (Å²) in [6, 6.07) is 8.13. The van der Waals surface area contributed by atoms with E-state index in [1.807, 2.05) is 29.6 Å². The Morgan fingerprint density at radius 1 is 1.23 bits per heavy atom. The average molecular weight is 389 g/mol.